The van der Waals surface area contributed by atoms with Crippen LogP contribution in [0.3, 0.4) is 0 Å². The number of carboxylic acids is 1. The minimum Gasteiger partial charge on any atom is -0.481 e. The molecular weight excluding hydrogens is 509 g/mol. The van der Waals surface area contributed by atoms with Gasteiger partial charge in [-0.05, 0) is 64.6 Å². The number of benzene rings is 2. The highest BCUT2D eigenvalue weighted by Crippen LogP contribution is 2.45. The van der Waals surface area contributed by atoms with Gasteiger partial charge >= 0.3 is 5.97 Å². The van der Waals surface area contributed by atoms with E-state index in [1.54, 1.807) is 34.0 Å². The van der Waals surface area contributed by atoms with Gasteiger partial charge in [0.05, 0.1) is 19.6 Å². The maximum absolute atomic E-state index is 11.5. The van der Waals surface area contributed by atoms with Gasteiger partial charge in [-0.25, -0.2) is 0 Å². The Hall–Kier alpha value is -3.07. The second-order valence-electron chi connectivity index (χ2n) is 8.53. The SMILES string of the molecule is Cc1cc(-c2ccc(-c3cc(CC(=O)O)c(-c4ccc(CO)cc4)s3)s2)sc1-c1ccc(CO)cc1. The number of aliphatic hydroxyl groups is 2. The van der Waals surface area contributed by atoms with Crippen LogP contribution in [-0.2, 0) is 24.4 Å². The number of aliphatic carboxylic acids is 1. The third-order valence-electron chi connectivity index (χ3n) is 5.96. The van der Waals surface area contributed by atoms with E-state index in [4.69, 9.17) is 0 Å². The molecule has 0 aliphatic heterocycles. The van der Waals surface area contributed by atoms with Crippen LogP contribution in [0.5, 0.6) is 0 Å². The molecule has 5 aromatic rings. The highest BCUT2D eigenvalue weighted by molar-refractivity contribution is 7.28. The molecule has 3 heterocycles. The van der Waals surface area contributed by atoms with E-state index in [1.807, 2.05) is 42.5 Å². The van der Waals surface area contributed by atoms with E-state index in [0.29, 0.717) is 0 Å². The Labute approximate surface area is 221 Å². The van der Waals surface area contributed by atoms with E-state index >= 15 is 0 Å². The topological polar surface area (TPSA) is 77.8 Å². The molecule has 7 heteroatoms. The first-order chi connectivity index (χ1) is 17.4. The van der Waals surface area contributed by atoms with Gasteiger partial charge in [0, 0.05) is 29.3 Å². The summed E-state index contributed by atoms with van der Waals surface area (Å²) in [5.41, 5.74) is 5.85. The fourth-order valence-corrected chi connectivity index (χ4v) is 7.64. The van der Waals surface area contributed by atoms with Crippen LogP contribution in [0.1, 0.15) is 22.3 Å². The molecule has 36 heavy (non-hydrogen) atoms. The van der Waals surface area contributed by atoms with Gasteiger partial charge in [-0.3, -0.25) is 4.79 Å². The van der Waals surface area contributed by atoms with E-state index in [-0.39, 0.29) is 19.6 Å². The van der Waals surface area contributed by atoms with Crippen molar-refractivity contribution in [3.05, 3.63) is 95.1 Å². The molecule has 2 aromatic carbocycles. The summed E-state index contributed by atoms with van der Waals surface area (Å²) in [6, 6.07) is 24.1. The summed E-state index contributed by atoms with van der Waals surface area (Å²) in [4.78, 5) is 18.3. The van der Waals surface area contributed by atoms with Crippen LogP contribution in [0.25, 0.3) is 40.4 Å². The van der Waals surface area contributed by atoms with Gasteiger partial charge < -0.3 is 15.3 Å². The Kier molecular flexibility index (Phi) is 7.18. The molecule has 5 rings (SSSR count). The molecule has 0 bridgehead atoms. The number of rotatable bonds is 8. The summed E-state index contributed by atoms with van der Waals surface area (Å²) in [6.45, 7) is 2.14. The first-order valence-electron chi connectivity index (χ1n) is 11.4. The zero-order valence-corrected chi connectivity index (χ0v) is 22.0. The predicted octanol–water partition coefficient (Wildman–Crippen LogP) is 7.46. The normalized spacial score (nSPS) is 11.2. The van der Waals surface area contributed by atoms with Crippen LogP contribution in [0.15, 0.2) is 72.8 Å². The Morgan fingerprint density at radius 3 is 1.69 bits per heavy atom. The number of hydrogen-bond donors (Lipinski definition) is 3. The average molecular weight is 533 g/mol. The highest BCUT2D eigenvalue weighted by atomic mass is 32.1. The van der Waals surface area contributed by atoms with E-state index < -0.39 is 5.97 Å². The standard InChI is InChI=1S/C29H24O4S3/c1-17-12-25(35-28(17)20-6-2-18(15-30)3-7-20)23-10-11-24(34-23)26-13-22(14-27(32)33)29(36-26)21-8-4-19(16-31)5-9-21/h2-13,30-31H,14-16H2,1H3,(H,32,33). The molecule has 0 saturated carbocycles. The van der Waals surface area contributed by atoms with Crippen LogP contribution in [0, 0.1) is 6.92 Å². The lowest BCUT2D eigenvalue weighted by molar-refractivity contribution is -0.136. The third kappa shape index (κ3) is 5.07. The van der Waals surface area contributed by atoms with Gasteiger partial charge in [-0.1, -0.05) is 48.5 Å². The minimum absolute atomic E-state index is 0.0200. The molecule has 0 aliphatic rings. The summed E-state index contributed by atoms with van der Waals surface area (Å²) in [6.07, 6.45) is -0.0334. The van der Waals surface area contributed by atoms with Crippen molar-refractivity contribution in [1.29, 1.82) is 0 Å². The number of aryl methyl sites for hydroxylation is 1. The van der Waals surface area contributed by atoms with Crippen molar-refractivity contribution < 1.29 is 20.1 Å². The zero-order valence-electron chi connectivity index (χ0n) is 19.5. The number of carbonyl (C=O) groups is 1. The highest BCUT2D eigenvalue weighted by Gasteiger charge is 2.17. The molecule has 182 valence electrons. The molecular formula is C29H24O4S3. The molecule has 0 radical (unpaired) electrons. The summed E-state index contributed by atoms with van der Waals surface area (Å²) in [5, 5.41) is 28.1. The van der Waals surface area contributed by atoms with Crippen LogP contribution in [0.4, 0.5) is 0 Å². The van der Waals surface area contributed by atoms with Crippen molar-refractivity contribution >= 4 is 40.0 Å². The maximum Gasteiger partial charge on any atom is 0.307 e. The fraction of sp³-hybridized carbons (Fsp3) is 0.138. The molecule has 0 aliphatic carbocycles. The molecule has 0 spiro atoms. The Morgan fingerprint density at radius 2 is 1.17 bits per heavy atom. The van der Waals surface area contributed by atoms with Crippen LogP contribution < -0.4 is 0 Å². The molecule has 3 aromatic heterocycles. The van der Waals surface area contributed by atoms with Crippen molar-refractivity contribution in [2.75, 3.05) is 0 Å². The average Bonchev–Trinajstić information content (AvgIpc) is 3.62. The molecule has 0 atom stereocenters. The molecule has 4 nitrogen and oxygen atoms in total. The predicted molar refractivity (Wildman–Crippen MR) is 150 cm³/mol. The molecule has 0 saturated heterocycles. The molecule has 3 N–H and O–H groups in total. The quantitative estimate of drug-likeness (QED) is 0.194. The monoisotopic (exact) mass is 532 g/mol. The second kappa shape index (κ2) is 10.5. The van der Waals surface area contributed by atoms with E-state index in [0.717, 1.165) is 42.4 Å². The van der Waals surface area contributed by atoms with Crippen LogP contribution >= 0.6 is 34.0 Å². The van der Waals surface area contributed by atoms with Crippen LogP contribution in [-0.4, -0.2) is 21.3 Å². The Morgan fingerprint density at radius 1 is 0.667 bits per heavy atom. The zero-order chi connectivity index (χ0) is 25.2. The molecule has 0 fully saturated rings. The Bertz CT molecular complexity index is 1510. The van der Waals surface area contributed by atoms with Gasteiger partial charge in [0.2, 0.25) is 0 Å². The van der Waals surface area contributed by atoms with Crippen molar-refractivity contribution in [2.45, 2.75) is 26.6 Å². The molecule has 0 amide bonds. The maximum atomic E-state index is 11.5. The van der Waals surface area contributed by atoms with Crippen LogP contribution in [0.2, 0.25) is 0 Å². The lowest BCUT2D eigenvalue weighted by atomic mass is 10.1. The first-order valence-corrected chi connectivity index (χ1v) is 13.9. The molecule has 0 unspecified atom stereocenters. The van der Waals surface area contributed by atoms with Gasteiger partial charge in [0.25, 0.3) is 0 Å². The van der Waals surface area contributed by atoms with E-state index in [9.17, 15) is 20.1 Å². The first kappa shape index (κ1) is 24.6. The third-order valence-corrected chi connectivity index (χ3v) is 9.95. The van der Waals surface area contributed by atoms with E-state index in [1.165, 1.54) is 20.2 Å². The number of aliphatic hydroxyl groups excluding tert-OH is 2. The fourth-order valence-electron chi connectivity index (χ4n) is 4.10. The second-order valence-corrected chi connectivity index (χ2v) is 11.7. The van der Waals surface area contributed by atoms with Crippen molar-refractivity contribution in [3.63, 3.8) is 0 Å². The van der Waals surface area contributed by atoms with Crippen molar-refractivity contribution in [1.82, 2.24) is 0 Å². The minimum atomic E-state index is -0.854. The Balaban J connectivity index is 1.47. The summed E-state index contributed by atoms with van der Waals surface area (Å²) >= 11 is 5.08. The lowest BCUT2D eigenvalue weighted by Gasteiger charge is -2.03. The number of thiophene rings is 3. The van der Waals surface area contributed by atoms with E-state index in [2.05, 4.69) is 37.3 Å². The van der Waals surface area contributed by atoms with Crippen molar-refractivity contribution in [2.24, 2.45) is 0 Å². The smallest absolute Gasteiger partial charge is 0.307 e. The number of carboxylic acid groups (broad SMARTS) is 1. The number of hydrogen-bond acceptors (Lipinski definition) is 6. The van der Waals surface area contributed by atoms with Gasteiger partial charge in [-0.15, -0.1) is 34.0 Å². The summed E-state index contributed by atoms with van der Waals surface area (Å²) in [5.74, 6) is -0.854. The van der Waals surface area contributed by atoms with Gasteiger partial charge in [0.15, 0.2) is 0 Å². The van der Waals surface area contributed by atoms with Gasteiger partial charge in [-0.2, -0.15) is 0 Å². The summed E-state index contributed by atoms with van der Waals surface area (Å²) < 4.78 is 0. The lowest BCUT2D eigenvalue weighted by Crippen LogP contribution is -1.99. The van der Waals surface area contributed by atoms with Gasteiger partial charge in [0.1, 0.15) is 0 Å². The summed E-state index contributed by atoms with van der Waals surface area (Å²) in [7, 11) is 0. The van der Waals surface area contributed by atoms with Crippen molar-refractivity contribution in [3.8, 4) is 40.4 Å². The largest absolute Gasteiger partial charge is 0.481 e.